The van der Waals surface area contributed by atoms with Gasteiger partial charge in [-0.2, -0.15) is 0 Å². The number of benzene rings is 1. The Labute approximate surface area is 104 Å². The first kappa shape index (κ1) is 12.1. The van der Waals surface area contributed by atoms with Crippen LogP contribution in [0, 0.1) is 0 Å². The van der Waals surface area contributed by atoms with Gasteiger partial charge in [0.1, 0.15) is 0 Å². The van der Waals surface area contributed by atoms with Crippen LogP contribution in [0.3, 0.4) is 0 Å². The number of hydrogen-bond acceptors (Lipinski definition) is 1. The zero-order valence-electron chi connectivity index (χ0n) is 10.5. The molecule has 0 bridgehead atoms. The quantitative estimate of drug-likeness (QED) is 0.759. The second-order valence-corrected chi connectivity index (χ2v) is 4.73. The minimum atomic E-state index is 0.341. The van der Waals surface area contributed by atoms with E-state index in [-0.39, 0.29) is 0 Å². The molecule has 0 saturated carbocycles. The van der Waals surface area contributed by atoms with Crippen LogP contribution in [0.25, 0.3) is 0 Å². The third kappa shape index (κ3) is 3.06. The number of Topliss-reactive ketones (excluding diaryl/α,β-unsaturated/α-hetero) is 1. The summed E-state index contributed by atoms with van der Waals surface area (Å²) < 4.78 is 0. The van der Waals surface area contributed by atoms with E-state index in [9.17, 15) is 4.79 Å². The number of carbonyl (C=O) groups excluding carboxylic acids is 1. The van der Waals surface area contributed by atoms with Crippen molar-refractivity contribution in [3.63, 3.8) is 0 Å². The van der Waals surface area contributed by atoms with E-state index in [1.165, 1.54) is 18.4 Å². The molecular formula is C16H20O. The predicted octanol–water partition coefficient (Wildman–Crippen LogP) is 4.08. The topological polar surface area (TPSA) is 17.1 Å². The molecule has 0 unspecified atom stereocenters. The van der Waals surface area contributed by atoms with E-state index in [2.05, 4.69) is 6.92 Å². The standard InChI is InChI=1S/C16H20O/c1-2-14-10-6-7-11-15(14)16(17)12-13-8-4-3-5-9-13/h3-5,8-9H,2,6-7,10-12H2,1H3. The molecule has 1 aliphatic rings. The second-order valence-electron chi connectivity index (χ2n) is 4.73. The summed E-state index contributed by atoms with van der Waals surface area (Å²) in [5.74, 6) is 0.341. The Morgan fingerprint density at radius 2 is 1.82 bits per heavy atom. The molecule has 0 fully saturated rings. The predicted molar refractivity (Wildman–Crippen MR) is 70.9 cm³/mol. The van der Waals surface area contributed by atoms with E-state index in [0.29, 0.717) is 12.2 Å². The van der Waals surface area contributed by atoms with Gasteiger partial charge < -0.3 is 0 Å². The zero-order valence-corrected chi connectivity index (χ0v) is 10.5. The Balaban J connectivity index is 2.12. The fourth-order valence-corrected chi connectivity index (χ4v) is 2.58. The van der Waals surface area contributed by atoms with Crippen LogP contribution in [0.1, 0.15) is 44.6 Å². The van der Waals surface area contributed by atoms with E-state index >= 15 is 0 Å². The lowest BCUT2D eigenvalue weighted by atomic mass is 9.86. The highest BCUT2D eigenvalue weighted by Crippen LogP contribution is 2.28. The lowest BCUT2D eigenvalue weighted by molar-refractivity contribution is -0.115. The van der Waals surface area contributed by atoms with Crippen LogP contribution in [-0.4, -0.2) is 5.78 Å². The van der Waals surface area contributed by atoms with Gasteiger partial charge in [-0.25, -0.2) is 0 Å². The van der Waals surface area contributed by atoms with Crippen molar-refractivity contribution in [3.8, 4) is 0 Å². The maximum Gasteiger partial charge on any atom is 0.163 e. The molecule has 0 aliphatic heterocycles. The zero-order chi connectivity index (χ0) is 12.1. The fourth-order valence-electron chi connectivity index (χ4n) is 2.58. The minimum absolute atomic E-state index is 0.341. The lowest BCUT2D eigenvalue weighted by Gasteiger charge is -2.18. The third-order valence-electron chi connectivity index (χ3n) is 3.55. The van der Waals surface area contributed by atoms with E-state index in [1.54, 1.807) is 0 Å². The number of rotatable bonds is 4. The van der Waals surface area contributed by atoms with Crippen LogP contribution in [0.15, 0.2) is 41.5 Å². The average Bonchev–Trinajstić information content (AvgIpc) is 2.40. The van der Waals surface area contributed by atoms with Gasteiger partial charge in [-0.15, -0.1) is 0 Å². The molecule has 0 N–H and O–H groups in total. The van der Waals surface area contributed by atoms with E-state index < -0.39 is 0 Å². The summed E-state index contributed by atoms with van der Waals surface area (Å²) in [6, 6.07) is 10.1. The van der Waals surface area contributed by atoms with Gasteiger partial charge in [-0.1, -0.05) is 42.8 Å². The molecule has 17 heavy (non-hydrogen) atoms. The molecule has 0 aromatic heterocycles. The Morgan fingerprint density at radius 1 is 1.12 bits per heavy atom. The average molecular weight is 228 g/mol. The first-order valence-corrected chi connectivity index (χ1v) is 6.59. The van der Waals surface area contributed by atoms with Gasteiger partial charge in [0.15, 0.2) is 5.78 Å². The van der Waals surface area contributed by atoms with Crippen molar-refractivity contribution in [2.45, 2.75) is 45.4 Å². The van der Waals surface area contributed by atoms with Gasteiger partial charge in [-0.05, 0) is 43.2 Å². The van der Waals surface area contributed by atoms with Gasteiger partial charge in [-0.3, -0.25) is 4.79 Å². The fraction of sp³-hybridized carbons (Fsp3) is 0.438. The van der Waals surface area contributed by atoms with Crippen LogP contribution >= 0.6 is 0 Å². The molecule has 90 valence electrons. The van der Waals surface area contributed by atoms with E-state index in [1.807, 2.05) is 30.3 Å². The molecule has 0 heterocycles. The van der Waals surface area contributed by atoms with Gasteiger partial charge in [0.2, 0.25) is 0 Å². The SMILES string of the molecule is CCC1=C(C(=O)Cc2ccccc2)CCCC1. The van der Waals surface area contributed by atoms with Crippen LogP contribution < -0.4 is 0 Å². The molecule has 1 aromatic carbocycles. The summed E-state index contributed by atoms with van der Waals surface area (Å²) in [6.45, 7) is 2.16. The smallest absolute Gasteiger partial charge is 0.163 e. The molecule has 1 heteroatoms. The summed E-state index contributed by atoms with van der Waals surface area (Å²) in [7, 11) is 0. The minimum Gasteiger partial charge on any atom is -0.294 e. The first-order chi connectivity index (χ1) is 8.31. The van der Waals surface area contributed by atoms with Gasteiger partial charge >= 0.3 is 0 Å². The third-order valence-corrected chi connectivity index (χ3v) is 3.55. The summed E-state index contributed by atoms with van der Waals surface area (Å²) in [5, 5.41) is 0. The highest BCUT2D eigenvalue weighted by atomic mass is 16.1. The van der Waals surface area contributed by atoms with Crippen molar-refractivity contribution in [3.05, 3.63) is 47.0 Å². The number of allylic oxidation sites excluding steroid dienone is 2. The molecule has 0 saturated heterocycles. The molecule has 0 spiro atoms. The number of carbonyl (C=O) groups is 1. The highest BCUT2D eigenvalue weighted by Gasteiger charge is 2.17. The largest absolute Gasteiger partial charge is 0.294 e. The summed E-state index contributed by atoms with van der Waals surface area (Å²) in [4.78, 5) is 12.3. The molecule has 0 amide bonds. The van der Waals surface area contributed by atoms with Crippen LogP contribution in [0.4, 0.5) is 0 Å². The van der Waals surface area contributed by atoms with Gasteiger partial charge in [0.25, 0.3) is 0 Å². The van der Waals surface area contributed by atoms with Gasteiger partial charge in [0.05, 0.1) is 0 Å². The Kier molecular flexibility index (Phi) is 4.13. The highest BCUT2D eigenvalue weighted by molar-refractivity contribution is 5.97. The van der Waals surface area contributed by atoms with Crippen LogP contribution in [0.5, 0.6) is 0 Å². The van der Waals surface area contributed by atoms with Crippen LogP contribution in [0.2, 0.25) is 0 Å². The van der Waals surface area contributed by atoms with Crippen molar-refractivity contribution in [1.82, 2.24) is 0 Å². The molecule has 0 atom stereocenters. The molecule has 0 radical (unpaired) electrons. The van der Waals surface area contributed by atoms with Crippen molar-refractivity contribution in [1.29, 1.82) is 0 Å². The van der Waals surface area contributed by atoms with Crippen molar-refractivity contribution < 1.29 is 4.79 Å². The summed E-state index contributed by atoms with van der Waals surface area (Å²) in [6.07, 6.45) is 6.17. The van der Waals surface area contributed by atoms with Crippen molar-refractivity contribution in [2.75, 3.05) is 0 Å². The molecule has 1 nitrogen and oxygen atoms in total. The van der Waals surface area contributed by atoms with Crippen LogP contribution in [-0.2, 0) is 11.2 Å². The number of hydrogen-bond donors (Lipinski definition) is 0. The number of ketones is 1. The lowest BCUT2D eigenvalue weighted by Crippen LogP contribution is -2.12. The van der Waals surface area contributed by atoms with Gasteiger partial charge in [0, 0.05) is 6.42 Å². The monoisotopic (exact) mass is 228 g/mol. The molecular weight excluding hydrogens is 208 g/mol. The van der Waals surface area contributed by atoms with E-state index in [4.69, 9.17) is 0 Å². The Bertz CT molecular complexity index is 414. The Morgan fingerprint density at radius 3 is 2.53 bits per heavy atom. The maximum absolute atomic E-state index is 12.3. The Hall–Kier alpha value is -1.37. The maximum atomic E-state index is 12.3. The van der Waals surface area contributed by atoms with E-state index in [0.717, 1.165) is 30.4 Å². The van der Waals surface area contributed by atoms with Crippen molar-refractivity contribution in [2.24, 2.45) is 0 Å². The van der Waals surface area contributed by atoms with Crippen molar-refractivity contribution >= 4 is 5.78 Å². The molecule has 1 aromatic rings. The molecule has 1 aliphatic carbocycles. The molecule has 2 rings (SSSR count). The summed E-state index contributed by atoms with van der Waals surface area (Å²) >= 11 is 0. The normalized spacial score (nSPS) is 16.1. The second kappa shape index (κ2) is 5.81. The summed E-state index contributed by atoms with van der Waals surface area (Å²) in [5.41, 5.74) is 3.66. The first-order valence-electron chi connectivity index (χ1n) is 6.59.